The van der Waals surface area contributed by atoms with Gasteiger partial charge in [0.05, 0.1) is 15.4 Å². The maximum absolute atomic E-state index is 13.4. The minimum Gasteiger partial charge on any atom is -0.446 e. The number of amides is 2. The van der Waals surface area contributed by atoms with Crippen LogP contribution in [-0.4, -0.2) is 61.6 Å². The van der Waals surface area contributed by atoms with Gasteiger partial charge in [0.1, 0.15) is 11.9 Å². The molecule has 4 rings (SSSR count). The summed E-state index contributed by atoms with van der Waals surface area (Å²) in [4.78, 5) is 33.4. The highest BCUT2D eigenvalue weighted by atomic mass is 32.1. The number of fused-ring (bicyclic) bond motifs is 1. The van der Waals surface area contributed by atoms with Crippen molar-refractivity contribution in [2.75, 3.05) is 32.7 Å². The van der Waals surface area contributed by atoms with E-state index in [4.69, 9.17) is 10.5 Å². The third-order valence-electron chi connectivity index (χ3n) is 6.12. The lowest BCUT2D eigenvalue weighted by atomic mass is 9.96. The van der Waals surface area contributed by atoms with Crippen LogP contribution in [0.3, 0.4) is 0 Å². The highest BCUT2D eigenvalue weighted by molar-refractivity contribution is 7.14. The molecule has 2 aliphatic heterocycles. The second-order valence-corrected chi connectivity index (χ2v) is 10.0. The summed E-state index contributed by atoms with van der Waals surface area (Å²) in [6.45, 7) is 5.58. The van der Waals surface area contributed by atoms with E-state index in [-0.39, 0.29) is 18.1 Å². The Balaban J connectivity index is 1.37. The predicted octanol–water partition coefficient (Wildman–Crippen LogP) is 3.00. The lowest BCUT2D eigenvalue weighted by molar-refractivity contribution is -0.127. The monoisotopic (exact) mass is 483 g/mol. The first-order chi connectivity index (χ1) is 16.5. The predicted molar refractivity (Wildman–Crippen MR) is 135 cm³/mol. The number of ether oxygens (including phenoxy) is 1. The molecule has 4 N–H and O–H groups in total. The number of amidine groups is 1. The summed E-state index contributed by atoms with van der Waals surface area (Å²) in [7, 11) is 0. The fraction of sp³-hybridized carbons (Fsp3) is 0.560. The normalized spacial score (nSPS) is 17.6. The van der Waals surface area contributed by atoms with Crippen LogP contribution in [-0.2, 0) is 9.53 Å². The number of aliphatic imine (C=N–C) groups is 1. The summed E-state index contributed by atoms with van der Waals surface area (Å²) in [5.74, 6) is 7.31. The second-order valence-electron chi connectivity index (χ2n) is 8.96. The number of hydrogen-bond donors (Lipinski definition) is 3. The van der Waals surface area contributed by atoms with Crippen LogP contribution in [0.1, 0.15) is 55.2 Å². The van der Waals surface area contributed by atoms with Gasteiger partial charge in [0, 0.05) is 50.6 Å². The van der Waals surface area contributed by atoms with Crippen LogP contribution >= 0.6 is 11.3 Å². The molecule has 182 valence electrons. The first-order valence-corrected chi connectivity index (χ1v) is 13.0. The third-order valence-corrected chi connectivity index (χ3v) is 7.10. The van der Waals surface area contributed by atoms with Gasteiger partial charge in [0.2, 0.25) is 5.91 Å². The molecule has 0 unspecified atom stereocenters. The van der Waals surface area contributed by atoms with Gasteiger partial charge in [0.15, 0.2) is 0 Å². The molecule has 34 heavy (non-hydrogen) atoms. The highest BCUT2D eigenvalue weighted by Gasteiger charge is 2.23. The molecule has 0 bridgehead atoms. The Labute approximate surface area is 205 Å². The van der Waals surface area contributed by atoms with Crippen molar-refractivity contribution in [3.63, 3.8) is 0 Å². The molecule has 0 spiro atoms. The summed E-state index contributed by atoms with van der Waals surface area (Å²) < 4.78 is 5.31. The molecule has 0 aromatic carbocycles. The topological polar surface area (TPSA) is 109 Å². The van der Waals surface area contributed by atoms with Gasteiger partial charge >= 0.3 is 6.09 Å². The number of carbonyl (C=O) groups is 2. The number of hydrogen-bond acceptors (Lipinski definition) is 7. The van der Waals surface area contributed by atoms with Crippen molar-refractivity contribution in [2.45, 2.75) is 51.6 Å². The Kier molecular flexibility index (Phi) is 8.25. The standard InChI is InChI=1S/C25H33N5O3S/c1-2-10-30(11-4-9-28-25(32)33-19-5-3-6-19)24(31)18-12-22-21(29-23(26)13-18)14-20(34-22)8-7-17-15-27-16-17/h12,14,17,19,27H,2-6,9-11,13,15-16H2,1H3,(H2,26,29)(H,28,32). The molecule has 1 aromatic heterocycles. The van der Waals surface area contributed by atoms with Crippen LogP contribution in [0.25, 0.3) is 6.08 Å². The molecule has 0 atom stereocenters. The van der Waals surface area contributed by atoms with E-state index in [1.54, 1.807) is 11.3 Å². The second kappa shape index (κ2) is 11.5. The van der Waals surface area contributed by atoms with Crippen LogP contribution in [0.15, 0.2) is 16.6 Å². The van der Waals surface area contributed by atoms with Crippen molar-refractivity contribution in [3.05, 3.63) is 21.4 Å². The highest BCUT2D eigenvalue weighted by Crippen LogP contribution is 2.34. The van der Waals surface area contributed by atoms with Gasteiger partial charge in [-0.3, -0.25) is 4.79 Å². The molecule has 2 amide bonds. The quantitative estimate of drug-likeness (QED) is 0.389. The summed E-state index contributed by atoms with van der Waals surface area (Å²) >= 11 is 1.54. The molecule has 2 fully saturated rings. The fourth-order valence-corrected chi connectivity index (χ4v) is 4.81. The number of nitrogens with one attached hydrogen (secondary N) is 2. The van der Waals surface area contributed by atoms with Crippen molar-refractivity contribution >= 4 is 40.9 Å². The molecular formula is C25H33N5O3S. The van der Waals surface area contributed by atoms with E-state index in [9.17, 15) is 9.59 Å². The van der Waals surface area contributed by atoms with E-state index in [0.29, 0.717) is 49.8 Å². The molecule has 3 aliphatic rings. The first-order valence-electron chi connectivity index (χ1n) is 12.1. The van der Waals surface area contributed by atoms with Crippen molar-refractivity contribution in [1.29, 1.82) is 0 Å². The van der Waals surface area contributed by atoms with Crippen LogP contribution in [0.2, 0.25) is 0 Å². The molecule has 1 aromatic rings. The SMILES string of the molecule is CCCN(CCCNC(=O)OC1CCC1)C(=O)C1=Cc2sc(C#CC3CNC3)cc2N=C(N)C1. The molecule has 1 saturated heterocycles. The number of nitrogens with zero attached hydrogens (tertiary/aromatic N) is 2. The smallest absolute Gasteiger partial charge is 0.407 e. The molecule has 3 heterocycles. The minimum atomic E-state index is -0.369. The lowest BCUT2D eigenvalue weighted by Gasteiger charge is -2.25. The summed E-state index contributed by atoms with van der Waals surface area (Å²) in [6.07, 6.45) is 6.46. The number of thiophene rings is 1. The van der Waals surface area contributed by atoms with Crippen LogP contribution in [0.4, 0.5) is 10.5 Å². The summed E-state index contributed by atoms with van der Waals surface area (Å²) in [5, 5.41) is 6.01. The first kappa shape index (κ1) is 24.3. The minimum absolute atomic E-state index is 0.0357. The number of alkyl carbamates (subject to hydrolysis) is 1. The van der Waals surface area contributed by atoms with E-state index in [0.717, 1.165) is 54.2 Å². The Morgan fingerprint density at radius 1 is 1.35 bits per heavy atom. The maximum atomic E-state index is 13.4. The van der Waals surface area contributed by atoms with E-state index in [2.05, 4.69) is 27.5 Å². The zero-order chi connectivity index (χ0) is 23.9. The zero-order valence-corrected chi connectivity index (χ0v) is 20.5. The Morgan fingerprint density at radius 2 is 2.18 bits per heavy atom. The van der Waals surface area contributed by atoms with Gasteiger partial charge in [-0.25, -0.2) is 9.79 Å². The molecule has 1 saturated carbocycles. The Hall–Kier alpha value is -2.83. The third kappa shape index (κ3) is 6.39. The number of carbonyl (C=O) groups excluding carboxylic acids is 2. The largest absolute Gasteiger partial charge is 0.446 e. The van der Waals surface area contributed by atoms with Gasteiger partial charge in [-0.2, -0.15) is 0 Å². The van der Waals surface area contributed by atoms with Crippen molar-refractivity contribution in [1.82, 2.24) is 15.5 Å². The molecular weight excluding hydrogens is 450 g/mol. The summed E-state index contributed by atoms with van der Waals surface area (Å²) in [5.41, 5.74) is 7.57. The Morgan fingerprint density at radius 3 is 2.85 bits per heavy atom. The van der Waals surface area contributed by atoms with Gasteiger partial charge in [0.25, 0.3) is 0 Å². The van der Waals surface area contributed by atoms with E-state index in [1.807, 2.05) is 24.0 Å². The lowest BCUT2D eigenvalue weighted by Crippen LogP contribution is -2.40. The van der Waals surface area contributed by atoms with Gasteiger partial charge in [-0.1, -0.05) is 18.8 Å². The van der Waals surface area contributed by atoms with Crippen LogP contribution in [0.5, 0.6) is 0 Å². The van der Waals surface area contributed by atoms with Crippen molar-refractivity contribution in [2.24, 2.45) is 16.6 Å². The van der Waals surface area contributed by atoms with E-state index in [1.165, 1.54) is 0 Å². The maximum Gasteiger partial charge on any atom is 0.407 e. The number of rotatable bonds is 8. The molecule has 8 nitrogen and oxygen atoms in total. The van der Waals surface area contributed by atoms with Crippen LogP contribution in [0, 0.1) is 17.8 Å². The van der Waals surface area contributed by atoms with Crippen LogP contribution < -0.4 is 16.4 Å². The molecule has 1 aliphatic carbocycles. The van der Waals surface area contributed by atoms with Gasteiger partial charge < -0.3 is 26.0 Å². The van der Waals surface area contributed by atoms with Gasteiger partial charge in [-0.05, 0) is 44.2 Å². The number of nitrogens with two attached hydrogens (primary N) is 1. The zero-order valence-electron chi connectivity index (χ0n) is 19.7. The average molecular weight is 484 g/mol. The van der Waals surface area contributed by atoms with Gasteiger partial charge in [-0.15, -0.1) is 11.3 Å². The Bertz CT molecular complexity index is 1030. The van der Waals surface area contributed by atoms with Crippen molar-refractivity contribution in [3.8, 4) is 11.8 Å². The fourth-order valence-electron chi connectivity index (χ4n) is 3.88. The van der Waals surface area contributed by atoms with Crippen molar-refractivity contribution < 1.29 is 14.3 Å². The average Bonchev–Trinajstić information content (AvgIpc) is 3.04. The van der Waals surface area contributed by atoms with E-state index >= 15 is 0 Å². The molecule has 9 heteroatoms. The van der Waals surface area contributed by atoms with E-state index < -0.39 is 0 Å². The summed E-state index contributed by atoms with van der Waals surface area (Å²) in [6, 6.07) is 1.95. The molecule has 0 radical (unpaired) electrons.